The number of carbonyl (C=O) groups is 1. The number of nitrogens with one attached hydrogen (secondary N) is 1. The van der Waals surface area contributed by atoms with Crippen LogP contribution in [0, 0.1) is 6.92 Å². The topological polar surface area (TPSA) is 69.6 Å². The van der Waals surface area contributed by atoms with Gasteiger partial charge in [-0.3, -0.25) is 0 Å². The van der Waals surface area contributed by atoms with E-state index in [1.807, 2.05) is 43.3 Å². The van der Waals surface area contributed by atoms with Crippen molar-refractivity contribution in [2.24, 2.45) is 0 Å². The Balaban J connectivity index is 1.53. The quantitative estimate of drug-likeness (QED) is 0.467. The van der Waals surface area contributed by atoms with E-state index in [1.54, 1.807) is 24.3 Å². The Morgan fingerprint density at radius 1 is 1.03 bits per heavy atom. The summed E-state index contributed by atoms with van der Waals surface area (Å²) in [7, 11) is 0. The molecular formula is C25H27NO3. The number of carboxylic acids is 1. The van der Waals surface area contributed by atoms with Crippen molar-refractivity contribution in [2.75, 3.05) is 13.1 Å². The number of benzene rings is 3. The highest BCUT2D eigenvalue weighted by Gasteiger charge is 2.07. The molecule has 0 aromatic heterocycles. The van der Waals surface area contributed by atoms with Crippen molar-refractivity contribution < 1.29 is 16.4 Å². The monoisotopic (exact) mass is 390 g/mol. The summed E-state index contributed by atoms with van der Waals surface area (Å²) in [4.78, 5) is 11.2. The van der Waals surface area contributed by atoms with E-state index < -0.39 is 12.0 Å². The van der Waals surface area contributed by atoms with Gasteiger partial charge >= 0.3 is 5.97 Å². The molecule has 3 aromatic rings. The molecule has 0 aliphatic rings. The summed E-state index contributed by atoms with van der Waals surface area (Å²) in [5.41, 5.74) is 4.92. The lowest BCUT2D eigenvalue weighted by atomic mass is 9.99. The van der Waals surface area contributed by atoms with Crippen molar-refractivity contribution in [3.8, 4) is 11.1 Å². The Morgan fingerprint density at radius 2 is 1.76 bits per heavy atom. The van der Waals surface area contributed by atoms with Gasteiger partial charge in [0.25, 0.3) is 0 Å². The number of carboxylic acid groups (broad SMARTS) is 1. The lowest BCUT2D eigenvalue weighted by molar-refractivity contribution is 0.0697. The Morgan fingerprint density at radius 3 is 2.52 bits per heavy atom. The summed E-state index contributed by atoms with van der Waals surface area (Å²) in [6, 6.07) is 22.4. The summed E-state index contributed by atoms with van der Waals surface area (Å²) < 4.78 is 8.19. The molecule has 4 nitrogen and oxygen atoms in total. The van der Waals surface area contributed by atoms with Crippen LogP contribution in [0.4, 0.5) is 0 Å². The van der Waals surface area contributed by atoms with E-state index in [0.717, 1.165) is 35.1 Å². The summed E-state index contributed by atoms with van der Waals surface area (Å²) in [5.74, 6) is -0.931. The van der Waals surface area contributed by atoms with Crippen molar-refractivity contribution in [3.63, 3.8) is 0 Å². The van der Waals surface area contributed by atoms with Gasteiger partial charge in [0.1, 0.15) is 0 Å². The summed E-state index contributed by atoms with van der Waals surface area (Å²) in [6.07, 6.45) is 0.0595. The number of rotatable bonds is 9. The van der Waals surface area contributed by atoms with E-state index in [9.17, 15) is 15.0 Å². The number of aryl methyl sites for hydroxylation is 2. The molecule has 0 radical (unpaired) electrons. The normalized spacial score (nSPS) is 13.5. The first-order chi connectivity index (χ1) is 14.3. The Labute approximate surface area is 173 Å². The van der Waals surface area contributed by atoms with Gasteiger partial charge < -0.3 is 15.5 Å². The van der Waals surface area contributed by atoms with Crippen LogP contribution in [0.15, 0.2) is 72.8 Å². The van der Waals surface area contributed by atoms with Crippen molar-refractivity contribution in [1.82, 2.24) is 5.32 Å². The minimum Gasteiger partial charge on any atom is -0.478 e. The molecule has 0 spiro atoms. The van der Waals surface area contributed by atoms with Crippen molar-refractivity contribution in [2.45, 2.75) is 25.8 Å². The second kappa shape index (κ2) is 10.0. The van der Waals surface area contributed by atoms with E-state index in [1.165, 1.54) is 0 Å². The molecule has 0 aliphatic heterocycles. The third kappa shape index (κ3) is 6.01. The third-order valence-electron chi connectivity index (χ3n) is 4.83. The van der Waals surface area contributed by atoms with Gasteiger partial charge in [0.15, 0.2) is 0 Å². The zero-order chi connectivity index (χ0) is 21.6. The van der Waals surface area contributed by atoms with Gasteiger partial charge in [-0.2, -0.15) is 0 Å². The smallest absolute Gasteiger partial charge is 0.335 e. The van der Waals surface area contributed by atoms with Gasteiger partial charge in [-0.1, -0.05) is 66.2 Å². The van der Waals surface area contributed by atoms with Crippen LogP contribution in [0.3, 0.4) is 0 Å². The van der Waals surface area contributed by atoms with Crippen LogP contribution in [0.2, 0.25) is 0 Å². The maximum absolute atomic E-state index is 11.2. The van der Waals surface area contributed by atoms with Gasteiger partial charge in [-0.25, -0.2) is 4.79 Å². The molecule has 3 N–H and O–H groups in total. The molecule has 0 aliphatic carbocycles. The molecule has 4 heteroatoms. The van der Waals surface area contributed by atoms with E-state index in [2.05, 4.69) is 17.4 Å². The fraction of sp³-hybridized carbons (Fsp3) is 0.240. The van der Waals surface area contributed by atoms with E-state index in [4.69, 9.17) is 1.37 Å². The van der Waals surface area contributed by atoms with Crippen LogP contribution in [0.1, 0.15) is 40.9 Å². The zero-order valence-corrected chi connectivity index (χ0v) is 16.6. The second-order valence-corrected chi connectivity index (χ2v) is 7.18. The number of hydrogen-bond donors (Lipinski definition) is 3. The molecule has 0 saturated heterocycles. The lowest BCUT2D eigenvalue weighted by Crippen LogP contribution is -2.22. The molecule has 150 valence electrons. The highest BCUT2D eigenvalue weighted by molar-refractivity contribution is 5.89. The summed E-state index contributed by atoms with van der Waals surface area (Å²) >= 11 is 0. The van der Waals surface area contributed by atoms with Crippen molar-refractivity contribution in [3.05, 3.63) is 95.1 Å². The van der Waals surface area contributed by atoms with Crippen molar-refractivity contribution in [1.29, 1.82) is 0 Å². The maximum atomic E-state index is 11.2. The van der Waals surface area contributed by atoms with Crippen LogP contribution < -0.4 is 5.32 Å². The molecule has 0 unspecified atom stereocenters. The van der Waals surface area contributed by atoms with E-state index >= 15 is 0 Å². The SMILES string of the molecule is [2H][C@](O)(CNCCCc1cccc(-c2cccc(C(=O)O)c2)c1)c1cccc(C)c1. The zero-order valence-electron chi connectivity index (χ0n) is 17.6. The highest BCUT2D eigenvalue weighted by atomic mass is 16.4. The molecule has 0 bridgehead atoms. The molecular weight excluding hydrogens is 362 g/mol. The van der Waals surface area contributed by atoms with Crippen LogP contribution in [-0.4, -0.2) is 29.3 Å². The van der Waals surface area contributed by atoms with Crippen LogP contribution in [0.25, 0.3) is 11.1 Å². The third-order valence-corrected chi connectivity index (χ3v) is 4.83. The number of hydrogen-bond acceptors (Lipinski definition) is 3. The van der Waals surface area contributed by atoms with Gasteiger partial charge in [-0.15, -0.1) is 0 Å². The molecule has 0 amide bonds. The first-order valence-electron chi connectivity index (χ1n) is 10.3. The van der Waals surface area contributed by atoms with Gasteiger partial charge in [0, 0.05) is 6.54 Å². The maximum Gasteiger partial charge on any atom is 0.335 e. The largest absolute Gasteiger partial charge is 0.478 e. The average molecular weight is 391 g/mol. The van der Waals surface area contributed by atoms with Crippen molar-refractivity contribution >= 4 is 5.97 Å². The Bertz CT molecular complexity index is 1020. The number of aliphatic hydroxyl groups is 1. The van der Waals surface area contributed by atoms with Crippen LogP contribution in [0.5, 0.6) is 0 Å². The van der Waals surface area contributed by atoms with Gasteiger partial charge in [-0.05, 0) is 60.7 Å². The lowest BCUT2D eigenvalue weighted by Gasteiger charge is -2.13. The first kappa shape index (κ1) is 19.4. The molecule has 0 heterocycles. The standard InChI is InChI=1S/C25H27NO3/c1-18-6-2-11-22(14-18)24(27)17-26-13-5-8-19-7-3-9-20(15-19)21-10-4-12-23(16-21)25(28)29/h2-4,6-7,9-12,14-16,24,26-27H,5,8,13,17H2,1H3,(H,28,29)/t24-/m0/s1/i24D. The minimum absolute atomic E-state index is 0.165. The average Bonchev–Trinajstić information content (AvgIpc) is 2.74. The van der Waals surface area contributed by atoms with E-state index in [0.29, 0.717) is 12.1 Å². The first-order valence-corrected chi connectivity index (χ1v) is 9.78. The Hall–Kier alpha value is -2.95. The molecule has 1 atom stereocenters. The fourth-order valence-electron chi connectivity index (χ4n) is 3.29. The second-order valence-electron chi connectivity index (χ2n) is 7.18. The minimum atomic E-state index is -1.65. The van der Waals surface area contributed by atoms with Gasteiger partial charge in [0.05, 0.1) is 13.0 Å². The molecule has 3 rings (SSSR count). The molecule has 0 fully saturated rings. The fourth-order valence-corrected chi connectivity index (χ4v) is 3.29. The highest BCUT2D eigenvalue weighted by Crippen LogP contribution is 2.22. The van der Waals surface area contributed by atoms with E-state index in [-0.39, 0.29) is 12.1 Å². The Kier molecular flexibility index (Phi) is 6.68. The predicted molar refractivity (Wildman–Crippen MR) is 116 cm³/mol. The van der Waals surface area contributed by atoms with Crippen LogP contribution in [-0.2, 0) is 6.42 Å². The predicted octanol–water partition coefficient (Wildman–Crippen LogP) is 4.62. The summed E-state index contributed by atoms with van der Waals surface area (Å²) in [5, 5.41) is 22.8. The number of aromatic carboxylic acids is 1. The van der Waals surface area contributed by atoms with Crippen LogP contribution >= 0.6 is 0 Å². The molecule has 29 heavy (non-hydrogen) atoms. The molecule has 0 saturated carbocycles. The van der Waals surface area contributed by atoms with Gasteiger partial charge in [0.2, 0.25) is 0 Å². The summed E-state index contributed by atoms with van der Waals surface area (Å²) in [6.45, 7) is 2.79. The molecule has 3 aromatic carbocycles.